The highest BCUT2D eigenvalue weighted by molar-refractivity contribution is 7.16. The number of nitro benzene ring substituents is 1. The number of ether oxygens (including phenoxy) is 1. The first-order valence-corrected chi connectivity index (χ1v) is 9.64. The minimum atomic E-state index is -0.409. The average molecular weight is 385 g/mol. The summed E-state index contributed by atoms with van der Waals surface area (Å²) in [6.45, 7) is 5.47. The molecular formula is C18H19N5O3S. The smallest absolute Gasteiger partial charge is 0.311 e. The van der Waals surface area contributed by atoms with Crippen molar-refractivity contribution in [2.45, 2.75) is 6.92 Å². The molecule has 0 N–H and O–H groups in total. The molecule has 0 atom stereocenters. The predicted molar refractivity (Wildman–Crippen MR) is 106 cm³/mol. The van der Waals surface area contributed by atoms with Gasteiger partial charge in [0.05, 0.1) is 16.9 Å². The lowest BCUT2D eigenvalue weighted by Gasteiger charge is -2.37. The minimum absolute atomic E-state index is 0.0000662. The number of benzene rings is 1. The van der Waals surface area contributed by atoms with E-state index in [0.717, 1.165) is 47.9 Å². The van der Waals surface area contributed by atoms with Gasteiger partial charge in [-0.1, -0.05) is 0 Å². The van der Waals surface area contributed by atoms with Gasteiger partial charge in [0, 0.05) is 44.0 Å². The number of nitrogens with zero attached hydrogens (tertiary/aromatic N) is 5. The van der Waals surface area contributed by atoms with Crippen LogP contribution in [0.15, 0.2) is 36.0 Å². The molecule has 0 aliphatic carbocycles. The summed E-state index contributed by atoms with van der Waals surface area (Å²) in [5.74, 6) is 1.29. The second-order valence-electron chi connectivity index (χ2n) is 6.15. The number of anilines is 2. The zero-order valence-electron chi connectivity index (χ0n) is 14.9. The monoisotopic (exact) mass is 385 g/mol. The summed E-state index contributed by atoms with van der Waals surface area (Å²) in [5.41, 5.74) is 0.937. The van der Waals surface area contributed by atoms with Crippen LogP contribution in [-0.4, -0.2) is 47.7 Å². The number of hydrogen-bond donors (Lipinski definition) is 0. The van der Waals surface area contributed by atoms with Gasteiger partial charge in [-0.3, -0.25) is 10.1 Å². The molecule has 8 nitrogen and oxygen atoms in total. The molecule has 3 heterocycles. The van der Waals surface area contributed by atoms with Crippen LogP contribution in [0.1, 0.15) is 6.92 Å². The van der Waals surface area contributed by atoms with Gasteiger partial charge in [-0.2, -0.15) is 0 Å². The second-order valence-corrected chi connectivity index (χ2v) is 7.05. The molecule has 9 heteroatoms. The maximum atomic E-state index is 11.2. The van der Waals surface area contributed by atoms with Gasteiger partial charge in [0.15, 0.2) is 5.75 Å². The normalized spacial score (nSPS) is 14.6. The highest BCUT2D eigenvalue weighted by Crippen LogP contribution is 2.33. The molecule has 0 spiro atoms. The largest absolute Gasteiger partial charge is 0.487 e. The summed E-state index contributed by atoms with van der Waals surface area (Å²) in [6.07, 6.45) is 1.62. The van der Waals surface area contributed by atoms with Crippen LogP contribution in [0.25, 0.3) is 10.2 Å². The number of piperazine rings is 1. The fourth-order valence-electron chi connectivity index (χ4n) is 3.33. The molecule has 1 aliphatic rings. The van der Waals surface area contributed by atoms with E-state index in [4.69, 9.17) is 4.74 Å². The van der Waals surface area contributed by atoms with Crippen LogP contribution >= 0.6 is 11.3 Å². The average Bonchev–Trinajstić information content (AvgIpc) is 3.17. The Balaban J connectivity index is 1.51. The molecule has 3 aromatic rings. The maximum Gasteiger partial charge on any atom is 0.311 e. The predicted octanol–water partition coefficient (Wildman–Crippen LogP) is 3.32. The Bertz CT molecular complexity index is 969. The van der Waals surface area contributed by atoms with E-state index in [-0.39, 0.29) is 5.69 Å². The van der Waals surface area contributed by atoms with Crippen LogP contribution in [0.2, 0.25) is 0 Å². The lowest BCUT2D eigenvalue weighted by atomic mass is 10.2. The van der Waals surface area contributed by atoms with Gasteiger partial charge in [0.2, 0.25) is 0 Å². The van der Waals surface area contributed by atoms with E-state index in [9.17, 15) is 10.1 Å². The highest BCUT2D eigenvalue weighted by Gasteiger charge is 2.23. The highest BCUT2D eigenvalue weighted by atomic mass is 32.1. The van der Waals surface area contributed by atoms with Crippen molar-refractivity contribution in [1.82, 2.24) is 9.97 Å². The lowest BCUT2D eigenvalue weighted by Crippen LogP contribution is -2.46. The van der Waals surface area contributed by atoms with Crippen molar-refractivity contribution in [3.8, 4) is 5.75 Å². The SMILES string of the molecule is CCOc1cc(N2CCN(c3ncnc4sccc34)CC2)ccc1[N+](=O)[O-]. The van der Waals surface area contributed by atoms with Gasteiger partial charge in [0.25, 0.3) is 0 Å². The third-order valence-electron chi connectivity index (χ3n) is 4.62. The van der Waals surface area contributed by atoms with E-state index >= 15 is 0 Å². The van der Waals surface area contributed by atoms with Crippen molar-refractivity contribution in [3.63, 3.8) is 0 Å². The van der Waals surface area contributed by atoms with Crippen LogP contribution in [0, 0.1) is 10.1 Å². The molecule has 1 aromatic carbocycles. The number of fused-ring (bicyclic) bond motifs is 1. The van der Waals surface area contributed by atoms with Gasteiger partial charge >= 0.3 is 5.69 Å². The molecule has 0 bridgehead atoms. The van der Waals surface area contributed by atoms with Crippen LogP contribution in [0.3, 0.4) is 0 Å². The molecule has 0 amide bonds. The topological polar surface area (TPSA) is 84.6 Å². The van der Waals surface area contributed by atoms with Gasteiger partial charge in [-0.05, 0) is 24.4 Å². The molecule has 0 saturated carbocycles. The summed E-state index contributed by atoms with van der Waals surface area (Å²) < 4.78 is 5.47. The van der Waals surface area contributed by atoms with Crippen molar-refractivity contribution < 1.29 is 9.66 Å². The first-order valence-electron chi connectivity index (χ1n) is 8.76. The van der Waals surface area contributed by atoms with E-state index < -0.39 is 4.92 Å². The molecule has 4 rings (SSSR count). The Kier molecular flexibility index (Phi) is 4.76. The quantitative estimate of drug-likeness (QED) is 0.492. The maximum absolute atomic E-state index is 11.2. The zero-order chi connectivity index (χ0) is 18.8. The standard InChI is InChI=1S/C18H19N5O3S/c1-2-26-16-11-13(3-4-15(16)23(24)25)21-6-8-22(9-7-21)17-14-5-10-27-18(14)20-12-19-17/h3-5,10-12H,2,6-9H2,1H3. The van der Waals surface area contributed by atoms with Crippen LogP contribution in [0.5, 0.6) is 5.75 Å². The Labute approximate surface area is 160 Å². The Hall–Kier alpha value is -2.94. The number of nitro groups is 1. The molecule has 0 radical (unpaired) electrons. The Morgan fingerprint density at radius 3 is 2.70 bits per heavy atom. The van der Waals surface area contributed by atoms with Gasteiger partial charge < -0.3 is 14.5 Å². The molecule has 140 valence electrons. The van der Waals surface area contributed by atoms with E-state index in [1.54, 1.807) is 29.8 Å². The van der Waals surface area contributed by atoms with Crippen molar-refractivity contribution in [1.29, 1.82) is 0 Å². The van der Waals surface area contributed by atoms with Crippen molar-refractivity contribution in [2.75, 3.05) is 42.6 Å². The number of thiophene rings is 1. The Morgan fingerprint density at radius 2 is 1.96 bits per heavy atom. The van der Waals surface area contributed by atoms with E-state index in [0.29, 0.717) is 12.4 Å². The summed E-state index contributed by atoms with van der Waals surface area (Å²) in [4.78, 5) is 25.0. The fraction of sp³-hybridized carbons (Fsp3) is 0.333. The summed E-state index contributed by atoms with van der Waals surface area (Å²) in [5, 5.41) is 14.3. The number of aromatic nitrogens is 2. The van der Waals surface area contributed by atoms with Gasteiger partial charge in [-0.15, -0.1) is 11.3 Å². The summed E-state index contributed by atoms with van der Waals surface area (Å²) >= 11 is 1.62. The van der Waals surface area contributed by atoms with Crippen molar-refractivity contribution in [2.24, 2.45) is 0 Å². The second kappa shape index (κ2) is 7.36. The summed E-state index contributed by atoms with van der Waals surface area (Å²) in [6, 6.07) is 7.13. The van der Waals surface area contributed by atoms with Crippen molar-refractivity contribution >= 4 is 38.7 Å². The van der Waals surface area contributed by atoms with Crippen LogP contribution < -0.4 is 14.5 Å². The molecule has 1 fully saturated rings. The van der Waals surface area contributed by atoms with E-state index in [1.807, 2.05) is 12.3 Å². The third-order valence-corrected chi connectivity index (χ3v) is 5.45. The minimum Gasteiger partial charge on any atom is -0.487 e. The number of rotatable bonds is 5. The first kappa shape index (κ1) is 17.5. The van der Waals surface area contributed by atoms with E-state index in [1.165, 1.54) is 6.07 Å². The van der Waals surface area contributed by atoms with Crippen molar-refractivity contribution in [3.05, 3.63) is 46.1 Å². The molecule has 1 aliphatic heterocycles. The lowest BCUT2D eigenvalue weighted by molar-refractivity contribution is -0.385. The fourth-order valence-corrected chi connectivity index (χ4v) is 4.05. The first-order chi connectivity index (χ1) is 13.2. The third kappa shape index (κ3) is 3.37. The molecular weight excluding hydrogens is 366 g/mol. The van der Waals surface area contributed by atoms with Gasteiger partial charge in [0.1, 0.15) is 17.0 Å². The molecule has 1 saturated heterocycles. The molecule has 2 aromatic heterocycles. The summed E-state index contributed by atoms with van der Waals surface area (Å²) in [7, 11) is 0. The number of hydrogen-bond acceptors (Lipinski definition) is 8. The molecule has 27 heavy (non-hydrogen) atoms. The van der Waals surface area contributed by atoms with Crippen LogP contribution in [-0.2, 0) is 0 Å². The molecule has 0 unspecified atom stereocenters. The van der Waals surface area contributed by atoms with E-state index in [2.05, 4.69) is 25.8 Å². The van der Waals surface area contributed by atoms with Gasteiger partial charge in [-0.25, -0.2) is 9.97 Å². The zero-order valence-corrected chi connectivity index (χ0v) is 15.7. The Morgan fingerprint density at radius 1 is 1.19 bits per heavy atom. The van der Waals surface area contributed by atoms with Crippen LogP contribution in [0.4, 0.5) is 17.2 Å².